The fourth-order valence-corrected chi connectivity index (χ4v) is 5.46. The highest BCUT2D eigenvalue weighted by atomic mass is 32.1. The Hall–Kier alpha value is -4.43. The van der Waals surface area contributed by atoms with Crippen molar-refractivity contribution in [1.82, 2.24) is 4.57 Å². The largest absolute Gasteiger partial charge is 0.497 e. The summed E-state index contributed by atoms with van der Waals surface area (Å²) in [6, 6.07) is 23.6. The first-order valence-corrected chi connectivity index (χ1v) is 13.1. The van der Waals surface area contributed by atoms with Gasteiger partial charge in [-0.05, 0) is 67.4 Å². The van der Waals surface area contributed by atoms with Gasteiger partial charge in [-0.15, -0.1) is 0 Å². The smallest absolute Gasteiger partial charge is 0.271 e. The molecular weight excluding hydrogens is 498 g/mol. The lowest BCUT2D eigenvalue weighted by Crippen LogP contribution is -2.40. The van der Waals surface area contributed by atoms with Gasteiger partial charge in [-0.3, -0.25) is 14.2 Å². The molecule has 0 saturated carbocycles. The molecule has 192 valence electrons. The molecule has 1 N–H and O–H groups in total. The molecule has 1 unspecified atom stereocenters. The number of carbonyl (C=O) groups excluding carboxylic acids is 1. The van der Waals surface area contributed by atoms with Crippen LogP contribution in [0.4, 0.5) is 5.69 Å². The number of thiazole rings is 1. The zero-order valence-corrected chi connectivity index (χ0v) is 22.1. The van der Waals surface area contributed by atoms with Crippen LogP contribution in [0.5, 0.6) is 11.5 Å². The van der Waals surface area contributed by atoms with Gasteiger partial charge in [-0.25, -0.2) is 4.99 Å². The lowest BCUT2D eigenvalue weighted by atomic mass is 9.95. The van der Waals surface area contributed by atoms with Crippen molar-refractivity contribution in [2.75, 3.05) is 19.0 Å². The van der Waals surface area contributed by atoms with Crippen LogP contribution < -0.4 is 29.7 Å². The second-order valence-electron chi connectivity index (χ2n) is 8.68. The van der Waals surface area contributed by atoms with Gasteiger partial charge in [0.2, 0.25) is 0 Å². The van der Waals surface area contributed by atoms with E-state index in [0.717, 1.165) is 16.9 Å². The number of methoxy groups -OCH3 is 1. The molecule has 38 heavy (non-hydrogen) atoms. The van der Waals surface area contributed by atoms with Crippen LogP contribution in [-0.2, 0) is 4.79 Å². The van der Waals surface area contributed by atoms with Gasteiger partial charge < -0.3 is 14.8 Å². The number of nitrogens with one attached hydrogen (secondary N) is 1. The standard InChI is InChI=1S/C30H27N3O4S/c1-4-37-24-14-10-20(11-15-24)18-25-29(35)33-27(21-12-16-23(36-3)17-13-21)26(19(2)31-30(33)38-25)28(34)32-22-8-6-5-7-9-22/h5-18,27H,4H2,1-3H3,(H,32,34). The molecule has 1 amide bonds. The minimum atomic E-state index is -0.650. The Morgan fingerprint density at radius 2 is 1.71 bits per heavy atom. The number of para-hydroxylation sites is 1. The van der Waals surface area contributed by atoms with Crippen LogP contribution in [0.25, 0.3) is 6.08 Å². The predicted octanol–water partition coefficient (Wildman–Crippen LogP) is 4.28. The number of nitrogens with zero attached hydrogens (tertiary/aromatic N) is 2. The maximum atomic E-state index is 13.8. The molecule has 0 spiro atoms. The summed E-state index contributed by atoms with van der Waals surface area (Å²) in [6.07, 6.45) is 1.84. The zero-order valence-electron chi connectivity index (χ0n) is 21.3. The molecule has 1 atom stereocenters. The molecule has 0 aliphatic carbocycles. The van der Waals surface area contributed by atoms with Gasteiger partial charge in [0.1, 0.15) is 11.5 Å². The van der Waals surface area contributed by atoms with Crippen molar-refractivity contribution in [3.05, 3.63) is 121 Å². The number of aromatic nitrogens is 1. The Balaban J connectivity index is 1.63. The number of carbonyl (C=O) groups is 1. The quantitative estimate of drug-likeness (QED) is 0.391. The van der Waals surface area contributed by atoms with E-state index in [1.165, 1.54) is 11.3 Å². The van der Waals surface area contributed by atoms with E-state index in [1.807, 2.05) is 91.9 Å². The molecule has 3 aromatic carbocycles. The van der Waals surface area contributed by atoms with E-state index < -0.39 is 6.04 Å². The number of hydrogen-bond acceptors (Lipinski definition) is 6. The minimum Gasteiger partial charge on any atom is -0.497 e. The third-order valence-corrected chi connectivity index (χ3v) is 7.20. The Morgan fingerprint density at radius 1 is 1.03 bits per heavy atom. The van der Waals surface area contributed by atoms with E-state index >= 15 is 0 Å². The van der Waals surface area contributed by atoms with Crippen LogP contribution in [-0.4, -0.2) is 24.2 Å². The van der Waals surface area contributed by atoms with Crippen molar-refractivity contribution in [1.29, 1.82) is 0 Å². The molecule has 1 aromatic heterocycles. The van der Waals surface area contributed by atoms with Crippen LogP contribution in [0.1, 0.15) is 31.0 Å². The molecule has 8 heteroatoms. The predicted molar refractivity (Wildman–Crippen MR) is 149 cm³/mol. The first kappa shape index (κ1) is 25.2. The van der Waals surface area contributed by atoms with Gasteiger partial charge in [0, 0.05) is 5.69 Å². The molecule has 1 aliphatic rings. The van der Waals surface area contributed by atoms with Gasteiger partial charge >= 0.3 is 0 Å². The van der Waals surface area contributed by atoms with Gasteiger partial charge in [0.05, 0.1) is 35.6 Å². The summed E-state index contributed by atoms with van der Waals surface area (Å²) >= 11 is 1.31. The highest BCUT2D eigenvalue weighted by Crippen LogP contribution is 2.31. The second kappa shape index (κ2) is 10.9. The third kappa shape index (κ3) is 5.03. The molecule has 5 rings (SSSR count). The molecule has 4 aromatic rings. The average Bonchev–Trinajstić information content (AvgIpc) is 3.23. The van der Waals surface area contributed by atoms with Crippen molar-refractivity contribution in [3.63, 3.8) is 0 Å². The lowest BCUT2D eigenvalue weighted by molar-refractivity contribution is -0.113. The molecule has 0 bridgehead atoms. The lowest BCUT2D eigenvalue weighted by Gasteiger charge is -2.25. The number of anilines is 1. The van der Waals surface area contributed by atoms with Crippen LogP contribution in [0.2, 0.25) is 0 Å². The minimum absolute atomic E-state index is 0.207. The van der Waals surface area contributed by atoms with Crippen molar-refractivity contribution >= 4 is 29.0 Å². The SMILES string of the molecule is CCOc1ccc(C=c2sc3n(c2=O)C(c2ccc(OC)cc2)C(C(=O)Nc2ccccc2)=C(C)N=3)cc1. The normalized spacial score (nSPS) is 15.0. The van der Waals surface area contributed by atoms with Crippen LogP contribution >= 0.6 is 11.3 Å². The number of amides is 1. The molecule has 0 saturated heterocycles. The highest BCUT2D eigenvalue weighted by molar-refractivity contribution is 7.07. The maximum absolute atomic E-state index is 13.8. The van der Waals surface area contributed by atoms with E-state index in [4.69, 9.17) is 14.5 Å². The summed E-state index contributed by atoms with van der Waals surface area (Å²) in [5.74, 6) is 1.15. The fraction of sp³-hybridized carbons (Fsp3) is 0.167. The molecule has 2 heterocycles. The monoisotopic (exact) mass is 525 g/mol. The summed E-state index contributed by atoms with van der Waals surface area (Å²) in [4.78, 5) is 32.6. The Bertz CT molecular complexity index is 1670. The maximum Gasteiger partial charge on any atom is 0.271 e. The van der Waals surface area contributed by atoms with E-state index in [1.54, 1.807) is 18.6 Å². The number of rotatable bonds is 7. The zero-order chi connectivity index (χ0) is 26.6. The van der Waals surface area contributed by atoms with Gasteiger partial charge in [0.15, 0.2) is 4.80 Å². The summed E-state index contributed by atoms with van der Waals surface area (Å²) in [5.41, 5.74) is 3.09. The third-order valence-electron chi connectivity index (χ3n) is 6.22. The first-order chi connectivity index (χ1) is 18.5. The molecule has 7 nitrogen and oxygen atoms in total. The number of allylic oxidation sites excluding steroid dienone is 1. The van der Waals surface area contributed by atoms with E-state index in [9.17, 15) is 9.59 Å². The van der Waals surface area contributed by atoms with E-state index in [-0.39, 0.29) is 11.5 Å². The Kier molecular flexibility index (Phi) is 7.24. The van der Waals surface area contributed by atoms with Crippen LogP contribution in [0, 0.1) is 0 Å². The van der Waals surface area contributed by atoms with Crippen molar-refractivity contribution < 1.29 is 14.3 Å². The first-order valence-electron chi connectivity index (χ1n) is 12.2. The second-order valence-corrected chi connectivity index (χ2v) is 9.69. The number of benzene rings is 3. The number of hydrogen-bond donors (Lipinski definition) is 1. The number of ether oxygens (including phenoxy) is 2. The van der Waals surface area contributed by atoms with Gasteiger partial charge in [-0.1, -0.05) is 53.8 Å². The summed E-state index contributed by atoms with van der Waals surface area (Å²) in [6.45, 7) is 4.33. The van der Waals surface area contributed by atoms with Crippen molar-refractivity contribution in [3.8, 4) is 11.5 Å². The molecule has 1 aliphatic heterocycles. The van der Waals surface area contributed by atoms with Gasteiger partial charge in [0.25, 0.3) is 11.5 Å². The number of fused-ring (bicyclic) bond motifs is 1. The average molecular weight is 526 g/mol. The van der Waals surface area contributed by atoms with Gasteiger partial charge in [-0.2, -0.15) is 0 Å². The summed E-state index contributed by atoms with van der Waals surface area (Å²) in [7, 11) is 1.60. The van der Waals surface area contributed by atoms with Crippen LogP contribution in [0.15, 0.2) is 99.9 Å². The van der Waals surface area contributed by atoms with Crippen molar-refractivity contribution in [2.24, 2.45) is 4.99 Å². The van der Waals surface area contributed by atoms with E-state index in [0.29, 0.717) is 38.6 Å². The Morgan fingerprint density at radius 3 is 2.37 bits per heavy atom. The fourth-order valence-electron chi connectivity index (χ4n) is 4.41. The molecular formula is C30H27N3O4S. The summed E-state index contributed by atoms with van der Waals surface area (Å²) in [5, 5.41) is 2.96. The molecule has 0 fully saturated rings. The van der Waals surface area contributed by atoms with Crippen molar-refractivity contribution in [2.45, 2.75) is 19.9 Å². The molecule has 0 radical (unpaired) electrons. The highest BCUT2D eigenvalue weighted by Gasteiger charge is 2.32. The Labute approximate surface area is 224 Å². The van der Waals surface area contributed by atoms with Crippen LogP contribution in [0.3, 0.4) is 0 Å². The van der Waals surface area contributed by atoms with E-state index in [2.05, 4.69) is 5.32 Å². The topological polar surface area (TPSA) is 81.9 Å². The summed E-state index contributed by atoms with van der Waals surface area (Å²) < 4.78 is 13.0.